The van der Waals surface area contributed by atoms with Crippen molar-refractivity contribution in [2.45, 2.75) is 39.7 Å². The number of pyridine rings is 2. The molecule has 5 rings (SSSR count). The largest absolute Gasteiger partial charge is 0.507 e. The highest BCUT2D eigenvalue weighted by Gasteiger charge is 2.31. The molecule has 0 aliphatic carbocycles. The van der Waals surface area contributed by atoms with Crippen molar-refractivity contribution in [3.05, 3.63) is 82.6 Å². The molecule has 3 aromatic heterocycles. The Balaban J connectivity index is 1.83. The van der Waals surface area contributed by atoms with Gasteiger partial charge in [0.1, 0.15) is 23.1 Å². The van der Waals surface area contributed by atoms with Crippen molar-refractivity contribution < 1.29 is 18.7 Å². The summed E-state index contributed by atoms with van der Waals surface area (Å²) < 4.78 is 32.0. The number of aromatic hydroxyl groups is 1. The molecule has 0 radical (unpaired) electrons. The van der Waals surface area contributed by atoms with Crippen LogP contribution in [0.25, 0.3) is 28.0 Å². The number of carbonyl (C=O) groups is 1. The number of aromatic nitrogens is 4. The van der Waals surface area contributed by atoms with Crippen molar-refractivity contribution in [1.82, 2.24) is 24.4 Å². The number of piperazine rings is 1. The molecule has 1 atom stereocenters. The summed E-state index contributed by atoms with van der Waals surface area (Å²) in [4.78, 5) is 42.9. The van der Waals surface area contributed by atoms with Crippen LogP contribution in [0, 0.1) is 18.6 Å². The number of nitrogens with zero attached hydrogens (tertiary/aromatic N) is 6. The maximum atomic E-state index is 15.8. The summed E-state index contributed by atoms with van der Waals surface area (Å²) in [6.07, 6.45) is 2.89. The molecule has 1 amide bonds. The molecule has 0 spiro atoms. The van der Waals surface area contributed by atoms with Gasteiger partial charge >= 0.3 is 5.69 Å². The Bertz CT molecular complexity index is 1730. The van der Waals surface area contributed by atoms with Crippen LogP contribution in [0.5, 0.6) is 5.75 Å². The number of amides is 1. The molecule has 1 saturated heterocycles. The van der Waals surface area contributed by atoms with E-state index in [1.807, 2.05) is 25.7 Å². The molecule has 41 heavy (non-hydrogen) atoms. The van der Waals surface area contributed by atoms with E-state index in [1.54, 1.807) is 24.1 Å². The second-order valence-electron chi connectivity index (χ2n) is 10.4. The van der Waals surface area contributed by atoms with Crippen LogP contribution < -0.4 is 10.6 Å². The summed E-state index contributed by atoms with van der Waals surface area (Å²) >= 11 is 0. The van der Waals surface area contributed by atoms with Gasteiger partial charge in [0.25, 0.3) is 0 Å². The second-order valence-corrected chi connectivity index (χ2v) is 10.4. The lowest BCUT2D eigenvalue weighted by molar-refractivity contribution is -0.126. The topological polar surface area (TPSA) is 104 Å². The summed E-state index contributed by atoms with van der Waals surface area (Å²) in [6, 6.07) is 6.32. The van der Waals surface area contributed by atoms with E-state index in [2.05, 4.69) is 21.5 Å². The van der Waals surface area contributed by atoms with Gasteiger partial charge in [0.2, 0.25) is 5.91 Å². The molecule has 212 valence electrons. The van der Waals surface area contributed by atoms with Crippen molar-refractivity contribution in [1.29, 1.82) is 0 Å². The molecule has 4 heterocycles. The smallest absolute Gasteiger partial charge is 0.355 e. The zero-order chi connectivity index (χ0) is 29.6. The van der Waals surface area contributed by atoms with Crippen LogP contribution in [0.4, 0.5) is 14.6 Å². The van der Waals surface area contributed by atoms with Crippen molar-refractivity contribution in [2.75, 3.05) is 24.5 Å². The minimum absolute atomic E-state index is 0.0145. The summed E-state index contributed by atoms with van der Waals surface area (Å²) in [5, 5.41) is 10.7. The van der Waals surface area contributed by atoms with Gasteiger partial charge in [-0.15, -0.1) is 0 Å². The summed E-state index contributed by atoms with van der Waals surface area (Å²) in [5.41, 5.74) is 0.275. The maximum absolute atomic E-state index is 15.8. The van der Waals surface area contributed by atoms with Gasteiger partial charge in [-0.3, -0.25) is 9.78 Å². The van der Waals surface area contributed by atoms with Crippen LogP contribution in [0.15, 0.2) is 54.0 Å². The molecule has 1 aliphatic rings. The van der Waals surface area contributed by atoms with Gasteiger partial charge in [0.05, 0.1) is 22.3 Å². The van der Waals surface area contributed by atoms with Gasteiger partial charge in [0, 0.05) is 31.9 Å². The molecule has 0 saturated carbocycles. The summed E-state index contributed by atoms with van der Waals surface area (Å²) in [7, 11) is 0. The number of anilines is 1. The van der Waals surface area contributed by atoms with Crippen LogP contribution in [0.2, 0.25) is 0 Å². The van der Waals surface area contributed by atoms with Crippen LogP contribution in [-0.4, -0.2) is 61.1 Å². The Labute approximate surface area is 235 Å². The number of benzene rings is 1. The van der Waals surface area contributed by atoms with Gasteiger partial charge in [-0.2, -0.15) is 4.98 Å². The number of rotatable bonds is 5. The molecular formula is C30H30F2N6O3. The third kappa shape index (κ3) is 4.81. The van der Waals surface area contributed by atoms with Crippen molar-refractivity contribution in [3.63, 3.8) is 0 Å². The van der Waals surface area contributed by atoms with Crippen molar-refractivity contribution >= 4 is 22.8 Å². The van der Waals surface area contributed by atoms with Gasteiger partial charge < -0.3 is 14.9 Å². The molecule has 0 unspecified atom stereocenters. The average molecular weight is 561 g/mol. The van der Waals surface area contributed by atoms with Gasteiger partial charge in [-0.25, -0.2) is 23.1 Å². The predicted molar refractivity (Wildman–Crippen MR) is 152 cm³/mol. The SMILES string of the molecule is C=CC(=O)N1CCN(c2nc(=O)n(-c3c(C(C)C)ccnc3C)c3nc(-c4c(O)cccc4F)c(F)cc23)[C@@H](C)C1. The molecule has 1 fully saturated rings. The third-order valence-electron chi connectivity index (χ3n) is 7.40. The van der Waals surface area contributed by atoms with E-state index in [0.717, 1.165) is 17.7 Å². The monoisotopic (exact) mass is 560 g/mol. The van der Waals surface area contributed by atoms with Gasteiger partial charge in [-0.1, -0.05) is 26.5 Å². The number of hydrogen-bond acceptors (Lipinski definition) is 7. The average Bonchev–Trinajstić information content (AvgIpc) is 2.93. The second kappa shape index (κ2) is 10.7. The Morgan fingerprint density at radius 3 is 2.59 bits per heavy atom. The lowest BCUT2D eigenvalue weighted by Gasteiger charge is -2.40. The first-order valence-electron chi connectivity index (χ1n) is 13.3. The zero-order valence-electron chi connectivity index (χ0n) is 23.2. The normalized spacial score (nSPS) is 15.5. The van der Waals surface area contributed by atoms with Crippen LogP contribution >= 0.6 is 0 Å². The Morgan fingerprint density at radius 2 is 1.93 bits per heavy atom. The number of hydrogen-bond donors (Lipinski definition) is 1. The fourth-order valence-corrected chi connectivity index (χ4v) is 5.39. The van der Waals surface area contributed by atoms with E-state index >= 15 is 4.39 Å². The third-order valence-corrected chi connectivity index (χ3v) is 7.40. The maximum Gasteiger partial charge on any atom is 0.355 e. The Kier molecular flexibility index (Phi) is 7.29. The predicted octanol–water partition coefficient (Wildman–Crippen LogP) is 4.48. The fraction of sp³-hybridized carbons (Fsp3) is 0.300. The summed E-state index contributed by atoms with van der Waals surface area (Å²) in [5.74, 6) is -2.28. The molecular weight excluding hydrogens is 530 g/mol. The lowest BCUT2D eigenvalue weighted by atomic mass is 10.0. The first-order chi connectivity index (χ1) is 19.5. The fourth-order valence-electron chi connectivity index (χ4n) is 5.39. The number of carbonyl (C=O) groups excluding carboxylic acids is 1. The van der Waals surface area contributed by atoms with Crippen molar-refractivity contribution in [2.24, 2.45) is 0 Å². The highest BCUT2D eigenvalue weighted by molar-refractivity contribution is 5.91. The molecule has 1 N–H and O–H groups in total. The quantitative estimate of drug-likeness (QED) is 0.359. The van der Waals surface area contributed by atoms with E-state index < -0.39 is 34.3 Å². The summed E-state index contributed by atoms with van der Waals surface area (Å²) in [6.45, 7) is 12.1. The van der Waals surface area contributed by atoms with E-state index in [9.17, 15) is 19.1 Å². The van der Waals surface area contributed by atoms with E-state index in [1.165, 1.54) is 22.8 Å². The molecule has 1 aliphatic heterocycles. The highest BCUT2D eigenvalue weighted by atomic mass is 19.1. The number of halogens is 2. The number of aryl methyl sites for hydroxylation is 1. The minimum Gasteiger partial charge on any atom is -0.507 e. The molecule has 4 aromatic rings. The number of phenols is 1. The Hall–Kier alpha value is -4.67. The molecule has 9 nitrogen and oxygen atoms in total. The first kappa shape index (κ1) is 27.9. The minimum atomic E-state index is -0.897. The van der Waals surface area contributed by atoms with Gasteiger partial charge in [-0.05, 0) is 55.7 Å². The zero-order valence-corrected chi connectivity index (χ0v) is 23.2. The van der Waals surface area contributed by atoms with Crippen molar-refractivity contribution in [3.8, 4) is 22.7 Å². The Morgan fingerprint density at radius 1 is 1.17 bits per heavy atom. The highest BCUT2D eigenvalue weighted by Crippen LogP contribution is 2.36. The van der Waals surface area contributed by atoms with E-state index in [0.29, 0.717) is 31.0 Å². The van der Waals surface area contributed by atoms with E-state index in [-0.39, 0.29) is 34.7 Å². The lowest BCUT2D eigenvalue weighted by Crippen LogP contribution is -2.54. The van der Waals surface area contributed by atoms with E-state index in [4.69, 9.17) is 0 Å². The molecule has 1 aromatic carbocycles. The van der Waals surface area contributed by atoms with Crippen LogP contribution in [0.3, 0.4) is 0 Å². The standard InChI is InChI=1S/C30H30F2N6O3/c1-6-24(40)36-12-13-37(17(4)15-36)28-20-14-22(32)26(25-21(31)8-7-9-23(25)39)34-29(20)38(30(41)35-28)27-18(5)33-11-10-19(27)16(2)3/h6-11,14,16-17,39H,1,12-13,15H2,2-5H3/t17-/m0/s1. The van der Waals surface area contributed by atoms with Crippen LogP contribution in [-0.2, 0) is 4.79 Å². The number of phenolic OH excluding ortho intramolecular Hbond substituents is 1. The number of fused-ring (bicyclic) bond motifs is 1. The first-order valence-corrected chi connectivity index (χ1v) is 13.3. The molecule has 11 heteroatoms. The molecule has 0 bridgehead atoms. The van der Waals surface area contributed by atoms with Gasteiger partial charge in [0.15, 0.2) is 11.5 Å². The van der Waals surface area contributed by atoms with Crippen LogP contribution in [0.1, 0.15) is 37.9 Å².